The topological polar surface area (TPSA) is 150 Å². The fourth-order valence-corrected chi connectivity index (χ4v) is 7.42. The van der Waals surface area contributed by atoms with Gasteiger partial charge in [-0.25, -0.2) is 0 Å². The van der Waals surface area contributed by atoms with Crippen molar-refractivity contribution in [3.8, 4) is 0 Å². The highest BCUT2D eigenvalue weighted by molar-refractivity contribution is 5.90. The first-order valence-electron chi connectivity index (χ1n) is 18.7. The Balaban J connectivity index is 2.24. The monoisotopic (exact) mass is 718 g/mol. The van der Waals surface area contributed by atoms with Crippen LogP contribution in [-0.2, 0) is 28.7 Å². The van der Waals surface area contributed by atoms with Gasteiger partial charge in [0.1, 0.15) is 6.04 Å². The summed E-state index contributed by atoms with van der Waals surface area (Å²) >= 11 is 0. The molecule has 12 heteroatoms. The summed E-state index contributed by atoms with van der Waals surface area (Å²) in [5.74, 6) is -1.62. The van der Waals surface area contributed by atoms with Gasteiger partial charge in [0.15, 0.2) is 0 Å². The zero-order chi connectivity index (χ0) is 38.6. The number of carbonyl (C=O) groups is 4. The number of hydrogen-bond donors (Lipinski definition) is 4. The minimum absolute atomic E-state index is 0.0148. The first kappa shape index (κ1) is 44.1. The molecule has 1 aromatic rings. The van der Waals surface area contributed by atoms with Crippen molar-refractivity contribution in [2.45, 2.75) is 130 Å². The number of aliphatic hydroxyl groups excluding tert-OH is 1. The first-order valence-corrected chi connectivity index (χ1v) is 18.7. The molecule has 0 saturated carbocycles. The quantitative estimate of drug-likeness (QED) is 0.160. The van der Waals surface area contributed by atoms with E-state index < -0.39 is 48.4 Å². The van der Waals surface area contributed by atoms with Crippen molar-refractivity contribution in [2.24, 2.45) is 23.7 Å². The van der Waals surface area contributed by atoms with Crippen LogP contribution in [0, 0.1) is 23.7 Å². The fraction of sp³-hybridized carbons (Fsp3) is 0.744. The Kier molecular flexibility index (Phi) is 18.0. The molecule has 51 heavy (non-hydrogen) atoms. The molecule has 2 rings (SSSR count). The zero-order valence-electron chi connectivity index (χ0n) is 33.1. The van der Waals surface area contributed by atoms with Gasteiger partial charge in [-0.3, -0.25) is 19.2 Å². The van der Waals surface area contributed by atoms with Crippen molar-refractivity contribution in [2.75, 3.05) is 34.9 Å². The average Bonchev–Trinajstić information content (AvgIpc) is 3.59. The molecule has 1 saturated heterocycles. The predicted molar refractivity (Wildman–Crippen MR) is 200 cm³/mol. The Labute approximate surface area is 306 Å². The molecule has 0 unspecified atom stereocenters. The van der Waals surface area contributed by atoms with Gasteiger partial charge in [0, 0.05) is 27.8 Å². The molecule has 12 nitrogen and oxygen atoms in total. The standard InChI is InChI=1S/C39H67N5O7/c1-13-25(6)34(43(10)39(49)33(24(4)5)42-38(48)32(40-9)23(2)3)30(50-11)22-31(45)44-21-17-20-29(44)36(51-12)26(7)37(47)41-27(8)35(46)28-18-15-14-16-19-28/h14-16,18-19,23-27,29-30,32-36,40,46H,13,17,20-22H2,1-12H3,(H,41,47)(H,42,48)/t25-,26-,27+,29+,30-,32+,33-,34+,35-,36+/m0/s1. The maximum Gasteiger partial charge on any atom is 0.245 e. The third kappa shape index (κ3) is 11.5. The molecule has 0 radical (unpaired) electrons. The van der Waals surface area contributed by atoms with Gasteiger partial charge in [-0.2, -0.15) is 0 Å². The third-order valence-corrected chi connectivity index (χ3v) is 10.7. The van der Waals surface area contributed by atoms with Crippen LogP contribution in [0.3, 0.4) is 0 Å². The lowest BCUT2D eigenvalue weighted by atomic mass is 9.89. The van der Waals surface area contributed by atoms with Crippen molar-refractivity contribution < 1.29 is 33.8 Å². The number of likely N-dealkylation sites (tertiary alicyclic amines) is 1. The van der Waals surface area contributed by atoms with E-state index in [0.29, 0.717) is 18.5 Å². The summed E-state index contributed by atoms with van der Waals surface area (Å²) in [5.41, 5.74) is 0.711. The van der Waals surface area contributed by atoms with Gasteiger partial charge < -0.3 is 40.3 Å². The van der Waals surface area contributed by atoms with Gasteiger partial charge in [0.2, 0.25) is 23.6 Å². The Morgan fingerprint density at radius 2 is 1.53 bits per heavy atom. The molecule has 1 aromatic carbocycles. The average molecular weight is 718 g/mol. The van der Waals surface area contributed by atoms with E-state index in [1.807, 2.05) is 71.9 Å². The second-order valence-electron chi connectivity index (χ2n) is 15.0. The van der Waals surface area contributed by atoms with Crippen LogP contribution in [0.4, 0.5) is 0 Å². The molecule has 1 fully saturated rings. The summed E-state index contributed by atoms with van der Waals surface area (Å²) in [7, 11) is 6.57. The van der Waals surface area contributed by atoms with E-state index in [0.717, 1.165) is 12.8 Å². The van der Waals surface area contributed by atoms with Crippen molar-refractivity contribution >= 4 is 23.6 Å². The summed E-state index contributed by atoms with van der Waals surface area (Å²) < 4.78 is 11.9. The number of ether oxygens (including phenoxy) is 2. The third-order valence-electron chi connectivity index (χ3n) is 10.7. The van der Waals surface area contributed by atoms with Gasteiger partial charge in [-0.05, 0) is 50.1 Å². The first-order chi connectivity index (χ1) is 24.0. The van der Waals surface area contributed by atoms with Gasteiger partial charge in [0.25, 0.3) is 0 Å². The minimum atomic E-state index is -0.875. The number of nitrogens with one attached hydrogen (secondary N) is 3. The molecule has 10 atom stereocenters. The summed E-state index contributed by atoms with van der Waals surface area (Å²) in [6.45, 7) is 15.9. The molecule has 290 valence electrons. The summed E-state index contributed by atoms with van der Waals surface area (Å²) in [4.78, 5) is 58.3. The Bertz CT molecular complexity index is 1250. The van der Waals surface area contributed by atoms with Gasteiger partial charge >= 0.3 is 0 Å². The maximum atomic E-state index is 14.1. The van der Waals surface area contributed by atoms with Crippen molar-refractivity contribution in [3.63, 3.8) is 0 Å². The number of aliphatic hydroxyl groups is 1. The minimum Gasteiger partial charge on any atom is -0.386 e. The van der Waals surface area contributed by atoms with E-state index in [9.17, 15) is 24.3 Å². The molecule has 1 aliphatic heterocycles. The van der Waals surface area contributed by atoms with Crippen LogP contribution < -0.4 is 16.0 Å². The van der Waals surface area contributed by atoms with Crippen LogP contribution in [-0.4, -0.2) is 116 Å². The smallest absolute Gasteiger partial charge is 0.245 e. The highest BCUT2D eigenvalue weighted by Crippen LogP contribution is 2.30. The van der Waals surface area contributed by atoms with E-state index in [4.69, 9.17) is 9.47 Å². The highest BCUT2D eigenvalue weighted by Gasteiger charge is 2.43. The Hall–Kier alpha value is -3.06. The summed E-state index contributed by atoms with van der Waals surface area (Å²) in [6, 6.07) is 6.67. The number of benzene rings is 1. The molecule has 1 aliphatic rings. The number of rotatable bonds is 20. The van der Waals surface area contributed by atoms with Crippen LogP contribution in [0.25, 0.3) is 0 Å². The van der Waals surface area contributed by atoms with E-state index in [-0.39, 0.29) is 53.8 Å². The molecular formula is C39H67N5O7. The molecule has 0 aliphatic carbocycles. The largest absolute Gasteiger partial charge is 0.386 e. The molecule has 0 bridgehead atoms. The molecule has 0 spiro atoms. The van der Waals surface area contributed by atoms with Crippen molar-refractivity contribution in [3.05, 3.63) is 35.9 Å². The van der Waals surface area contributed by atoms with Crippen LogP contribution in [0.2, 0.25) is 0 Å². The van der Waals surface area contributed by atoms with E-state index in [1.54, 1.807) is 52.0 Å². The fourth-order valence-electron chi connectivity index (χ4n) is 7.42. The zero-order valence-corrected chi connectivity index (χ0v) is 33.1. The number of nitrogens with zero attached hydrogens (tertiary/aromatic N) is 2. The van der Waals surface area contributed by atoms with E-state index in [1.165, 1.54) is 0 Å². The highest BCUT2D eigenvalue weighted by atomic mass is 16.5. The lowest BCUT2D eigenvalue weighted by Crippen LogP contribution is -2.59. The molecule has 1 heterocycles. The van der Waals surface area contributed by atoms with Crippen molar-refractivity contribution in [1.29, 1.82) is 0 Å². The van der Waals surface area contributed by atoms with Gasteiger partial charge in [0.05, 0.1) is 54.8 Å². The summed E-state index contributed by atoms with van der Waals surface area (Å²) in [5, 5.41) is 19.8. The lowest BCUT2D eigenvalue weighted by Gasteiger charge is -2.41. The van der Waals surface area contributed by atoms with Crippen LogP contribution in [0.5, 0.6) is 0 Å². The Morgan fingerprint density at radius 3 is 2.04 bits per heavy atom. The number of methoxy groups -OCH3 is 2. The van der Waals surface area contributed by atoms with E-state index in [2.05, 4.69) is 16.0 Å². The molecule has 4 amide bonds. The van der Waals surface area contributed by atoms with Crippen LogP contribution in [0.1, 0.15) is 92.7 Å². The van der Waals surface area contributed by atoms with Crippen LogP contribution >= 0.6 is 0 Å². The molecule has 4 N–H and O–H groups in total. The van der Waals surface area contributed by atoms with Gasteiger partial charge in [-0.15, -0.1) is 0 Å². The van der Waals surface area contributed by atoms with E-state index >= 15 is 0 Å². The normalized spacial score (nSPS) is 20.1. The predicted octanol–water partition coefficient (Wildman–Crippen LogP) is 3.53. The second kappa shape index (κ2) is 20.8. The Morgan fingerprint density at radius 1 is 0.922 bits per heavy atom. The van der Waals surface area contributed by atoms with Gasteiger partial charge in [-0.1, -0.05) is 85.2 Å². The van der Waals surface area contributed by atoms with Crippen molar-refractivity contribution in [1.82, 2.24) is 25.8 Å². The number of amides is 4. The number of carbonyl (C=O) groups excluding carboxylic acids is 4. The molecule has 0 aromatic heterocycles. The number of hydrogen-bond acceptors (Lipinski definition) is 8. The SMILES string of the molecule is CC[C@H](C)[C@H]([C@H](CC(=O)N1CCC[C@@H]1[C@H](OC)[C@H](C)C(=O)N[C@H](C)[C@H](O)c1ccccc1)OC)N(C)C(=O)[C@@H](NC(=O)[C@H](NC)C(C)C)C(C)C. The maximum absolute atomic E-state index is 14.1. The number of likely N-dealkylation sites (N-methyl/N-ethyl adjacent to an activating group) is 2. The van der Waals surface area contributed by atoms with Crippen LogP contribution in [0.15, 0.2) is 30.3 Å². The molecular weight excluding hydrogens is 650 g/mol. The lowest BCUT2D eigenvalue weighted by molar-refractivity contribution is -0.148. The summed E-state index contributed by atoms with van der Waals surface area (Å²) in [6.07, 6.45) is 0.147. The second-order valence-corrected chi connectivity index (χ2v) is 15.0.